The quantitative estimate of drug-likeness (QED) is 0.932. The Bertz CT molecular complexity index is 532. The Labute approximate surface area is 101 Å². The van der Waals surface area contributed by atoms with Crippen molar-refractivity contribution in [3.63, 3.8) is 0 Å². The molecule has 84 valence electrons. The highest BCUT2D eigenvalue weighted by Crippen LogP contribution is 2.16. The van der Waals surface area contributed by atoms with E-state index >= 15 is 0 Å². The van der Waals surface area contributed by atoms with Crippen LogP contribution in [0.1, 0.15) is 6.92 Å². The summed E-state index contributed by atoms with van der Waals surface area (Å²) in [5.74, 6) is 0. The van der Waals surface area contributed by atoms with E-state index in [4.69, 9.17) is 0 Å². The predicted molar refractivity (Wildman–Crippen MR) is 65.3 cm³/mol. The maximum atomic E-state index is 11.8. The fourth-order valence-electron chi connectivity index (χ4n) is 1.32. The highest BCUT2D eigenvalue weighted by atomic mass is 79.9. The molecule has 2 heterocycles. The first-order valence-corrected chi connectivity index (χ1v) is 5.67. The lowest BCUT2D eigenvalue weighted by molar-refractivity contribution is 0.612. The predicted octanol–water partition coefficient (Wildman–Crippen LogP) is 1.70. The molecule has 2 aromatic heterocycles. The van der Waals surface area contributed by atoms with Gasteiger partial charge in [0.15, 0.2) is 0 Å². The first-order chi connectivity index (χ1) is 7.72. The van der Waals surface area contributed by atoms with Gasteiger partial charge in [-0.2, -0.15) is 5.10 Å². The average molecular weight is 283 g/mol. The number of aromatic nitrogens is 3. The fourth-order valence-corrected chi connectivity index (χ4v) is 1.71. The van der Waals surface area contributed by atoms with Crippen LogP contribution in [0.5, 0.6) is 0 Å². The molecule has 0 aliphatic rings. The molecule has 0 fully saturated rings. The molecule has 1 N–H and O–H groups in total. The maximum absolute atomic E-state index is 11.8. The molecule has 0 aliphatic heterocycles. The van der Waals surface area contributed by atoms with Gasteiger partial charge in [-0.25, -0.2) is 4.68 Å². The molecule has 0 amide bonds. The number of rotatable bonds is 3. The van der Waals surface area contributed by atoms with E-state index in [1.807, 2.05) is 31.5 Å². The third-order valence-electron chi connectivity index (χ3n) is 2.14. The second-order valence-electron chi connectivity index (χ2n) is 3.20. The van der Waals surface area contributed by atoms with Crippen molar-refractivity contribution >= 4 is 21.6 Å². The summed E-state index contributed by atoms with van der Waals surface area (Å²) in [6.07, 6.45) is 5.31. The zero-order valence-corrected chi connectivity index (χ0v) is 10.3. The molecule has 0 unspecified atom stereocenters. The van der Waals surface area contributed by atoms with E-state index in [1.54, 1.807) is 10.9 Å². The van der Waals surface area contributed by atoms with E-state index < -0.39 is 0 Å². The van der Waals surface area contributed by atoms with E-state index in [-0.39, 0.29) is 5.56 Å². The lowest BCUT2D eigenvalue weighted by Gasteiger charge is -2.09. The SMILES string of the molecule is CCn1ncc(Nn2cccc2)c(Br)c1=O. The van der Waals surface area contributed by atoms with Gasteiger partial charge in [0.1, 0.15) is 4.47 Å². The Morgan fingerprint density at radius 2 is 2.12 bits per heavy atom. The highest BCUT2D eigenvalue weighted by Gasteiger charge is 2.07. The van der Waals surface area contributed by atoms with E-state index in [9.17, 15) is 4.79 Å². The number of nitrogens with one attached hydrogen (secondary N) is 1. The minimum absolute atomic E-state index is 0.139. The van der Waals surface area contributed by atoms with Gasteiger partial charge in [-0.1, -0.05) is 0 Å². The molecule has 0 aliphatic carbocycles. The molecular formula is C10H11BrN4O. The number of hydrogen-bond donors (Lipinski definition) is 1. The monoisotopic (exact) mass is 282 g/mol. The summed E-state index contributed by atoms with van der Waals surface area (Å²) in [6.45, 7) is 2.43. The Balaban J connectivity index is 2.36. The standard InChI is InChI=1S/C10H11BrN4O/c1-2-15-10(16)9(11)8(7-12-15)13-14-5-3-4-6-14/h3-7,13H,2H2,1H3. The first kappa shape index (κ1) is 10.9. The molecule has 6 heteroatoms. The molecule has 0 atom stereocenters. The maximum Gasteiger partial charge on any atom is 0.283 e. The largest absolute Gasteiger partial charge is 0.292 e. The van der Waals surface area contributed by atoms with Gasteiger partial charge in [0.2, 0.25) is 0 Å². The molecule has 2 aromatic rings. The molecule has 2 rings (SSSR count). The van der Waals surface area contributed by atoms with E-state index in [0.29, 0.717) is 16.7 Å². The van der Waals surface area contributed by atoms with E-state index in [0.717, 1.165) is 0 Å². The lowest BCUT2D eigenvalue weighted by Crippen LogP contribution is -2.24. The van der Waals surface area contributed by atoms with Gasteiger partial charge in [-0.3, -0.25) is 14.9 Å². The van der Waals surface area contributed by atoms with Crippen molar-refractivity contribution in [2.45, 2.75) is 13.5 Å². The average Bonchev–Trinajstić information content (AvgIpc) is 2.78. The van der Waals surface area contributed by atoms with Crippen LogP contribution in [0.15, 0.2) is 40.0 Å². The van der Waals surface area contributed by atoms with Crippen molar-refractivity contribution in [2.24, 2.45) is 0 Å². The van der Waals surface area contributed by atoms with Crippen molar-refractivity contribution in [2.75, 3.05) is 5.43 Å². The summed E-state index contributed by atoms with van der Waals surface area (Å²) in [5, 5.41) is 4.04. The van der Waals surface area contributed by atoms with Crippen LogP contribution in [0.3, 0.4) is 0 Å². The Morgan fingerprint density at radius 1 is 1.44 bits per heavy atom. The third-order valence-corrected chi connectivity index (χ3v) is 2.90. The highest BCUT2D eigenvalue weighted by molar-refractivity contribution is 9.10. The Kier molecular flexibility index (Phi) is 3.09. The normalized spacial score (nSPS) is 10.4. The van der Waals surface area contributed by atoms with Gasteiger partial charge in [-0.15, -0.1) is 0 Å². The van der Waals surface area contributed by atoms with Crippen LogP contribution < -0.4 is 11.0 Å². The van der Waals surface area contributed by atoms with Gasteiger partial charge in [-0.05, 0) is 35.0 Å². The van der Waals surface area contributed by atoms with Crippen LogP contribution >= 0.6 is 15.9 Å². The molecule has 0 spiro atoms. The lowest BCUT2D eigenvalue weighted by atomic mass is 10.5. The summed E-state index contributed by atoms with van der Waals surface area (Å²) in [4.78, 5) is 11.8. The van der Waals surface area contributed by atoms with Crippen LogP contribution in [0, 0.1) is 0 Å². The minimum Gasteiger partial charge on any atom is -0.292 e. The van der Waals surface area contributed by atoms with Crippen molar-refractivity contribution in [1.82, 2.24) is 14.5 Å². The molecule has 0 saturated carbocycles. The second kappa shape index (κ2) is 4.52. The van der Waals surface area contributed by atoms with Gasteiger partial charge >= 0.3 is 0 Å². The number of nitrogens with zero attached hydrogens (tertiary/aromatic N) is 3. The van der Waals surface area contributed by atoms with Crippen LogP contribution in [0.2, 0.25) is 0 Å². The molecule has 0 saturated heterocycles. The van der Waals surface area contributed by atoms with Gasteiger partial charge < -0.3 is 0 Å². The van der Waals surface area contributed by atoms with Gasteiger partial charge in [0.25, 0.3) is 5.56 Å². The zero-order chi connectivity index (χ0) is 11.5. The zero-order valence-electron chi connectivity index (χ0n) is 8.72. The third kappa shape index (κ3) is 2.01. The minimum atomic E-state index is -0.139. The molecular weight excluding hydrogens is 272 g/mol. The number of aryl methyl sites for hydroxylation is 1. The van der Waals surface area contributed by atoms with Crippen LogP contribution in [0.4, 0.5) is 5.69 Å². The summed E-state index contributed by atoms with van der Waals surface area (Å²) in [5.41, 5.74) is 3.54. The second-order valence-corrected chi connectivity index (χ2v) is 3.99. The van der Waals surface area contributed by atoms with Crippen molar-refractivity contribution in [3.05, 3.63) is 45.5 Å². The summed E-state index contributed by atoms with van der Waals surface area (Å²) >= 11 is 3.27. The molecule has 5 nitrogen and oxygen atoms in total. The summed E-state index contributed by atoms with van der Waals surface area (Å²) < 4.78 is 3.63. The van der Waals surface area contributed by atoms with Crippen molar-refractivity contribution in [3.8, 4) is 0 Å². The van der Waals surface area contributed by atoms with Crippen molar-refractivity contribution in [1.29, 1.82) is 0 Å². The molecule has 0 radical (unpaired) electrons. The fraction of sp³-hybridized carbons (Fsp3) is 0.200. The van der Waals surface area contributed by atoms with E-state index in [1.165, 1.54) is 4.68 Å². The van der Waals surface area contributed by atoms with Gasteiger partial charge in [0, 0.05) is 18.9 Å². The number of anilines is 1. The topological polar surface area (TPSA) is 51.9 Å². The Hall–Kier alpha value is -1.56. The van der Waals surface area contributed by atoms with Gasteiger partial charge in [0.05, 0.1) is 11.9 Å². The van der Waals surface area contributed by atoms with Crippen LogP contribution in [-0.4, -0.2) is 14.5 Å². The number of halogens is 1. The Morgan fingerprint density at radius 3 is 2.75 bits per heavy atom. The summed E-state index contributed by atoms with van der Waals surface area (Å²) in [7, 11) is 0. The molecule has 16 heavy (non-hydrogen) atoms. The number of hydrogen-bond acceptors (Lipinski definition) is 3. The van der Waals surface area contributed by atoms with Crippen molar-refractivity contribution < 1.29 is 0 Å². The van der Waals surface area contributed by atoms with Crippen LogP contribution in [-0.2, 0) is 6.54 Å². The smallest absolute Gasteiger partial charge is 0.283 e. The van der Waals surface area contributed by atoms with E-state index in [2.05, 4.69) is 26.5 Å². The molecule has 0 aromatic carbocycles. The molecule has 0 bridgehead atoms. The van der Waals surface area contributed by atoms with Crippen LogP contribution in [0.25, 0.3) is 0 Å². The first-order valence-electron chi connectivity index (χ1n) is 4.88. The summed E-state index contributed by atoms with van der Waals surface area (Å²) in [6, 6.07) is 3.78.